The monoisotopic (exact) mass is 147 g/mol. The van der Waals surface area contributed by atoms with Crippen LogP contribution in [0.25, 0.3) is 0 Å². The first-order valence-corrected chi connectivity index (χ1v) is 3.15. The molecular formula is C6H13NO3. The average molecular weight is 147 g/mol. The van der Waals surface area contributed by atoms with Gasteiger partial charge in [0.1, 0.15) is 5.78 Å². The van der Waals surface area contributed by atoms with Gasteiger partial charge in [-0.25, -0.2) is 0 Å². The first-order valence-electron chi connectivity index (χ1n) is 3.15. The van der Waals surface area contributed by atoms with E-state index in [9.17, 15) is 4.79 Å². The van der Waals surface area contributed by atoms with Gasteiger partial charge in [0.2, 0.25) is 0 Å². The molecule has 0 aromatic carbocycles. The molecule has 0 aliphatic heterocycles. The third-order valence-electron chi connectivity index (χ3n) is 1.08. The lowest BCUT2D eigenvalue weighted by Gasteiger charge is -2.10. The largest absolute Gasteiger partial charge is 0.395 e. The highest BCUT2D eigenvalue weighted by molar-refractivity contribution is 5.77. The van der Waals surface area contributed by atoms with Crippen LogP contribution in [-0.4, -0.2) is 41.8 Å². The zero-order chi connectivity index (χ0) is 7.98. The molecule has 60 valence electrons. The van der Waals surface area contributed by atoms with Crippen molar-refractivity contribution < 1.29 is 15.0 Å². The molecule has 0 rings (SSSR count). The highest BCUT2D eigenvalue weighted by atomic mass is 16.3. The van der Waals surface area contributed by atoms with Crippen molar-refractivity contribution in [1.29, 1.82) is 0 Å². The number of nitrogens with one attached hydrogen (secondary N) is 1. The van der Waals surface area contributed by atoms with E-state index < -0.39 is 0 Å². The van der Waals surface area contributed by atoms with Crippen molar-refractivity contribution in [2.45, 2.75) is 13.0 Å². The van der Waals surface area contributed by atoms with Gasteiger partial charge in [0.25, 0.3) is 0 Å². The summed E-state index contributed by atoms with van der Waals surface area (Å²) in [7, 11) is 0. The molecule has 0 spiro atoms. The van der Waals surface area contributed by atoms with Crippen molar-refractivity contribution in [3.63, 3.8) is 0 Å². The second-order valence-corrected chi connectivity index (χ2v) is 2.14. The molecule has 0 unspecified atom stereocenters. The standard InChI is InChI=1S/C6H13NO3/c1-5(10)2-7-6(3-8)4-9/h6-9H,2-4H2,1H3. The number of rotatable bonds is 5. The normalized spacial score (nSPS) is 10.4. The van der Waals surface area contributed by atoms with Crippen molar-refractivity contribution in [3.05, 3.63) is 0 Å². The first kappa shape index (κ1) is 9.55. The van der Waals surface area contributed by atoms with Crippen LogP contribution in [0.3, 0.4) is 0 Å². The molecule has 0 aliphatic carbocycles. The molecule has 0 radical (unpaired) electrons. The summed E-state index contributed by atoms with van der Waals surface area (Å²) in [6, 6.07) is -0.371. The van der Waals surface area contributed by atoms with Gasteiger partial charge in [-0.05, 0) is 6.92 Å². The number of hydrogen-bond donors (Lipinski definition) is 3. The molecule has 0 saturated carbocycles. The van der Waals surface area contributed by atoms with Crippen molar-refractivity contribution in [3.8, 4) is 0 Å². The van der Waals surface area contributed by atoms with Crippen molar-refractivity contribution in [2.75, 3.05) is 19.8 Å². The number of hydrogen-bond acceptors (Lipinski definition) is 4. The van der Waals surface area contributed by atoms with Crippen molar-refractivity contribution in [1.82, 2.24) is 5.32 Å². The molecule has 0 atom stereocenters. The highest BCUT2D eigenvalue weighted by Gasteiger charge is 2.03. The van der Waals surface area contributed by atoms with Gasteiger partial charge in [-0.2, -0.15) is 0 Å². The maximum absolute atomic E-state index is 10.4. The molecule has 0 aromatic heterocycles. The highest BCUT2D eigenvalue weighted by Crippen LogP contribution is 1.77. The molecule has 0 heterocycles. The van der Waals surface area contributed by atoms with Crippen LogP contribution < -0.4 is 5.32 Å². The van der Waals surface area contributed by atoms with Gasteiger partial charge in [-0.15, -0.1) is 0 Å². The van der Waals surface area contributed by atoms with Gasteiger partial charge in [0, 0.05) is 0 Å². The SMILES string of the molecule is CC(=O)CNC(CO)CO. The van der Waals surface area contributed by atoms with E-state index in [-0.39, 0.29) is 31.6 Å². The van der Waals surface area contributed by atoms with Crippen LogP contribution in [0.5, 0.6) is 0 Å². The number of Topliss-reactive ketones (excluding diaryl/α,β-unsaturated/α-hetero) is 1. The lowest BCUT2D eigenvalue weighted by Crippen LogP contribution is -2.38. The Morgan fingerprint density at radius 3 is 2.30 bits per heavy atom. The Morgan fingerprint density at radius 1 is 1.50 bits per heavy atom. The summed E-state index contributed by atoms with van der Waals surface area (Å²) in [5.74, 6) is -0.00750. The summed E-state index contributed by atoms with van der Waals surface area (Å²) in [5.41, 5.74) is 0. The summed E-state index contributed by atoms with van der Waals surface area (Å²) < 4.78 is 0. The Hall–Kier alpha value is -0.450. The molecule has 3 N–H and O–H groups in total. The number of aliphatic hydroxyl groups excluding tert-OH is 2. The molecule has 4 nitrogen and oxygen atoms in total. The molecule has 10 heavy (non-hydrogen) atoms. The van der Waals surface area contributed by atoms with Crippen LogP contribution in [-0.2, 0) is 4.79 Å². The Labute approximate surface area is 59.9 Å². The van der Waals surface area contributed by atoms with Crippen molar-refractivity contribution in [2.24, 2.45) is 0 Å². The lowest BCUT2D eigenvalue weighted by atomic mass is 10.3. The van der Waals surface area contributed by atoms with E-state index in [0.717, 1.165) is 0 Å². The van der Waals surface area contributed by atoms with E-state index in [1.54, 1.807) is 0 Å². The van der Waals surface area contributed by atoms with E-state index >= 15 is 0 Å². The van der Waals surface area contributed by atoms with Gasteiger partial charge in [0.05, 0.1) is 25.8 Å². The van der Waals surface area contributed by atoms with E-state index in [1.807, 2.05) is 0 Å². The number of ketones is 1. The van der Waals surface area contributed by atoms with E-state index in [2.05, 4.69) is 5.32 Å². The summed E-state index contributed by atoms with van der Waals surface area (Å²) >= 11 is 0. The molecule has 0 aliphatic rings. The van der Waals surface area contributed by atoms with E-state index in [1.165, 1.54) is 6.92 Å². The molecule has 0 saturated heterocycles. The quantitative estimate of drug-likeness (QED) is 0.443. The Bertz CT molecular complexity index is 101. The molecule has 0 amide bonds. The third-order valence-corrected chi connectivity index (χ3v) is 1.08. The molecule has 0 bridgehead atoms. The maximum atomic E-state index is 10.4. The van der Waals surface area contributed by atoms with E-state index in [4.69, 9.17) is 10.2 Å². The van der Waals surface area contributed by atoms with Gasteiger partial charge in [-0.1, -0.05) is 0 Å². The summed E-state index contributed by atoms with van der Waals surface area (Å²) in [5, 5.41) is 19.7. The lowest BCUT2D eigenvalue weighted by molar-refractivity contribution is -0.116. The summed E-state index contributed by atoms with van der Waals surface area (Å²) in [6.45, 7) is 1.35. The van der Waals surface area contributed by atoms with Crippen LogP contribution in [0.1, 0.15) is 6.92 Å². The first-order chi connectivity index (χ1) is 4.70. The average Bonchev–Trinajstić information content (AvgIpc) is 1.90. The summed E-state index contributed by atoms with van der Waals surface area (Å²) in [6.07, 6.45) is 0. The van der Waals surface area contributed by atoms with Crippen LogP contribution in [0.2, 0.25) is 0 Å². The van der Waals surface area contributed by atoms with E-state index in [0.29, 0.717) is 0 Å². The van der Waals surface area contributed by atoms with Crippen LogP contribution >= 0.6 is 0 Å². The fourth-order valence-corrected chi connectivity index (χ4v) is 0.475. The van der Waals surface area contributed by atoms with Crippen molar-refractivity contribution >= 4 is 5.78 Å². The van der Waals surface area contributed by atoms with Gasteiger partial charge in [0.15, 0.2) is 0 Å². The zero-order valence-corrected chi connectivity index (χ0v) is 6.00. The van der Waals surface area contributed by atoms with Gasteiger partial charge in [-0.3, -0.25) is 4.79 Å². The molecular weight excluding hydrogens is 134 g/mol. The van der Waals surface area contributed by atoms with Gasteiger partial charge >= 0.3 is 0 Å². The third kappa shape index (κ3) is 4.43. The number of aliphatic hydroxyl groups is 2. The van der Waals surface area contributed by atoms with Crippen LogP contribution in [0.15, 0.2) is 0 Å². The van der Waals surface area contributed by atoms with Crippen LogP contribution in [0, 0.1) is 0 Å². The minimum absolute atomic E-state index is 0.00750. The van der Waals surface area contributed by atoms with Crippen LogP contribution in [0.4, 0.5) is 0 Å². The Morgan fingerprint density at radius 2 is 2.00 bits per heavy atom. The maximum Gasteiger partial charge on any atom is 0.143 e. The molecule has 4 heteroatoms. The second kappa shape index (κ2) is 5.34. The fraction of sp³-hybridized carbons (Fsp3) is 0.833. The smallest absolute Gasteiger partial charge is 0.143 e. The topological polar surface area (TPSA) is 69.6 Å². The predicted octanol–water partition coefficient (Wildman–Crippen LogP) is -1.48. The number of carbonyl (C=O) groups excluding carboxylic acids is 1. The van der Waals surface area contributed by atoms with Gasteiger partial charge < -0.3 is 15.5 Å². The summed E-state index contributed by atoms with van der Waals surface area (Å²) in [4.78, 5) is 10.4. The second-order valence-electron chi connectivity index (χ2n) is 2.14. The molecule has 0 fully saturated rings. The fourth-order valence-electron chi connectivity index (χ4n) is 0.475. The minimum Gasteiger partial charge on any atom is -0.395 e. The Kier molecular flexibility index (Phi) is 5.10. The minimum atomic E-state index is -0.371. The molecule has 0 aromatic rings. The number of carbonyl (C=O) groups is 1. The zero-order valence-electron chi connectivity index (χ0n) is 6.00. The predicted molar refractivity (Wildman–Crippen MR) is 36.6 cm³/mol. The Balaban J connectivity index is 3.34.